The van der Waals surface area contributed by atoms with Crippen molar-refractivity contribution in [3.8, 4) is 0 Å². The SMILES string of the molecule is SCCCc1ccc(Cl)c(Br)c1. The summed E-state index contributed by atoms with van der Waals surface area (Å²) in [6.07, 6.45) is 2.18. The van der Waals surface area contributed by atoms with E-state index in [4.69, 9.17) is 11.6 Å². The Labute approximate surface area is 91.9 Å². The highest BCUT2D eigenvalue weighted by Gasteiger charge is 1.97. The van der Waals surface area contributed by atoms with Crippen molar-refractivity contribution in [2.24, 2.45) is 0 Å². The summed E-state index contributed by atoms with van der Waals surface area (Å²) < 4.78 is 0.973. The van der Waals surface area contributed by atoms with E-state index < -0.39 is 0 Å². The minimum absolute atomic E-state index is 0.768. The third-order valence-corrected chi connectivity index (χ3v) is 3.14. The van der Waals surface area contributed by atoms with E-state index in [0.29, 0.717) is 0 Å². The molecule has 1 aromatic carbocycles. The molecule has 0 radical (unpaired) electrons. The van der Waals surface area contributed by atoms with E-state index in [1.165, 1.54) is 5.56 Å². The van der Waals surface area contributed by atoms with Crippen LogP contribution >= 0.6 is 40.2 Å². The molecule has 0 saturated heterocycles. The lowest BCUT2D eigenvalue weighted by Gasteiger charge is -2.01. The second-order valence-corrected chi connectivity index (χ2v) is 4.28. The fourth-order valence-corrected chi connectivity index (χ4v) is 1.68. The molecule has 0 spiro atoms. The Bertz CT molecular complexity index is 263. The van der Waals surface area contributed by atoms with E-state index in [1.807, 2.05) is 6.07 Å². The molecule has 0 atom stereocenters. The van der Waals surface area contributed by atoms with E-state index in [9.17, 15) is 0 Å². The van der Waals surface area contributed by atoms with Crippen molar-refractivity contribution in [2.45, 2.75) is 12.8 Å². The molecular weight excluding hydrogens is 256 g/mol. The summed E-state index contributed by atoms with van der Waals surface area (Å²) in [5.74, 6) is 0.931. The molecule has 0 unspecified atom stereocenters. The van der Waals surface area contributed by atoms with Crippen molar-refractivity contribution in [1.82, 2.24) is 0 Å². The lowest BCUT2D eigenvalue weighted by Crippen LogP contribution is -1.86. The van der Waals surface area contributed by atoms with Gasteiger partial charge in [0.15, 0.2) is 0 Å². The maximum Gasteiger partial charge on any atom is 0.0548 e. The summed E-state index contributed by atoms with van der Waals surface area (Å²) in [7, 11) is 0. The molecule has 66 valence electrons. The molecule has 3 heteroatoms. The highest BCUT2D eigenvalue weighted by molar-refractivity contribution is 9.10. The predicted molar refractivity (Wildman–Crippen MR) is 61.3 cm³/mol. The van der Waals surface area contributed by atoms with Crippen LogP contribution in [0.2, 0.25) is 5.02 Å². The van der Waals surface area contributed by atoms with Crippen molar-refractivity contribution in [3.63, 3.8) is 0 Å². The summed E-state index contributed by atoms with van der Waals surface area (Å²) in [5.41, 5.74) is 1.31. The first-order chi connectivity index (χ1) is 5.74. The lowest BCUT2D eigenvalue weighted by atomic mass is 10.1. The van der Waals surface area contributed by atoms with Gasteiger partial charge >= 0.3 is 0 Å². The largest absolute Gasteiger partial charge is 0.179 e. The quantitative estimate of drug-likeness (QED) is 0.786. The van der Waals surface area contributed by atoms with Gasteiger partial charge in [0.1, 0.15) is 0 Å². The first kappa shape index (κ1) is 10.4. The molecule has 0 aliphatic carbocycles. The molecule has 0 aliphatic rings. The van der Waals surface area contributed by atoms with Crippen LogP contribution in [0.15, 0.2) is 22.7 Å². The second-order valence-electron chi connectivity index (χ2n) is 2.58. The number of thiol groups is 1. The summed E-state index contributed by atoms with van der Waals surface area (Å²) in [6, 6.07) is 6.03. The Morgan fingerprint density at radius 1 is 1.42 bits per heavy atom. The van der Waals surface area contributed by atoms with Gasteiger partial charge in [0, 0.05) is 4.47 Å². The normalized spacial score (nSPS) is 10.2. The number of halogens is 2. The van der Waals surface area contributed by atoms with Crippen LogP contribution in [0.4, 0.5) is 0 Å². The molecule has 0 saturated carbocycles. The monoisotopic (exact) mass is 264 g/mol. The van der Waals surface area contributed by atoms with Crippen molar-refractivity contribution >= 4 is 40.2 Å². The van der Waals surface area contributed by atoms with Gasteiger partial charge in [0.25, 0.3) is 0 Å². The number of rotatable bonds is 3. The molecule has 12 heavy (non-hydrogen) atoms. The van der Waals surface area contributed by atoms with Gasteiger partial charge in [0.2, 0.25) is 0 Å². The molecular formula is C9H10BrClS. The molecule has 0 bridgehead atoms. The number of hydrogen-bond acceptors (Lipinski definition) is 1. The van der Waals surface area contributed by atoms with E-state index in [0.717, 1.165) is 28.1 Å². The van der Waals surface area contributed by atoms with Crippen LogP contribution in [0, 0.1) is 0 Å². The van der Waals surface area contributed by atoms with Gasteiger partial charge in [-0.2, -0.15) is 12.6 Å². The van der Waals surface area contributed by atoms with Crippen LogP contribution in [0.3, 0.4) is 0 Å². The Morgan fingerprint density at radius 3 is 2.75 bits per heavy atom. The number of hydrogen-bond donors (Lipinski definition) is 1. The van der Waals surface area contributed by atoms with Crippen LogP contribution < -0.4 is 0 Å². The number of benzene rings is 1. The van der Waals surface area contributed by atoms with Gasteiger partial charge in [-0.05, 0) is 52.2 Å². The molecule has 0 amide bonds. The minimum Gasteiger partial charge on any atom is -0.179 e. The molecule has 0 nitrogen and oxygen atoms in total. The zero-order valence-corrected chi connectivity index (χ0v) is 9.79. The zero-order valence-electron chi connectivity index (χ0n) is 6.56. The second kappa shape index (κ2) is 5.15. The molecule has 0 fully saturated rings. The van der Waals surface area contributed by atoms with Gasteiger partial charge in [-0.25, -0.2) is 0 Å². The zero-order chi connectivity index (χ0) is 8.97. The van der Waals surface area contributed by atoms with Crippen LogP contribution in [-0.4, -0.2) is 5.75 Å². The number of aryl methyl sites for hydroxylation is 1. The van der Waals surface area contributed by atoms with Crippen molar-refractivity contribution in [3.05, 3.63) is 33.3 Å². The van der Waals surface area contributed by atoms with Gasteiger partial charge in [0.05, 0.1) is 5.02 Å². The van der Waals surface area contributed by atoms with E-state index in [2.05, 4.69) is 40.7 Å². The topological polar surface area (TPSA) is 0 Å². The van der Waals surface area contributed by atoms with E-state index >= 15 is 0 Å². The average Bonchev–Trinajstić information content (AvgIpc) is 2.07. The Morgan fingerprint density at radius 2 is 2.17 bits per heavy atom. The first-order valence-corrected chi connectivity index (χ1v) is 5.59. The molecule has 0 aromatic heterocycles. The van der Waals surface area contributed by atoms with Gasteiger partial charge in [-0.3, -0.25) is 0 Å². The summed E-state index contributed by atoms with van der Waals surface area (Å²) in [4.78, 5) is 0. The summed E-state index contributed by atoms with van der Waals surface area (Å²) in [6.45, 7) is 0. The van der Waals surface area contributed by atoms with Crippen LogP contribution in [0.25, 0.3) is 0 Å². The average molecular weight is 266 g/mol. The minimum atomic E-state index is 0.768. The van der Waals surface area contributed by atoms with Gasteiger partial charge < -0.3 is 0 Å². The lowest BCUT2D eigenvalue weighted by molar-refractivity contribution is 0.935. The van der Waals surface area contributed by atoms with Gasteiger partial charge in [-0.1, -0.05) is 17.7 Å². The summed E-state index contributed by atoms with van der Waals surface area (Å²) >= 11 is 13.4. The van der Waals surface area contributed by atoms with Crippen molar-refractivity contribution < 1.29 is 0 Å². The fraction of sp³-hybridized carbons (Fsp3) is 0.333. The van der Waals surface area contributed by atoms with Gasteiger partial charge in [-0.15, -0.1) is 0 Å². The van der Waals surface area contributed by atoms with Crippen LogP contribution in [0.1, 0.15) is 12.0 Å². The van der Waals surface area contributed by atoms with E-state index in [-0.39, 0.29) is 0 Å². The standard InChI is InChI=1S/C9H10BrClS/c10-8-6-7(2-1-5-12)3-4-9(8)11/h3-4,6,12H,1-2,5H2. The Balaban J connectivity index is 2.69. The molecule has 1 rings (SSSR count). The maximum absolute atomic E-state index is 5.85. The highest BCUT2D eigenvalue weighted by Crippen LogP contribution is 2.23. The maximum atomic E-state index is 5.85. The molecule has 0 aliphatic heterocycles. The third kappa shape index (κ3) is 3.00. The van der Waals surface area contributed by atoms with Crippen LogP contribution in [-0.2, 0) is 6.42 Å². The van der Waals surface area contributed by atoms with E-state index in [1.54, 1.807) is 0 Å². The molecule has 0 N–H and O–H groups in total. The molecule has 0 heterocycles. The Hall–Kier alpha value is 0.340. The predicted octanol–water partition coefficient (Wildman–Crippen LogP) is 3.96. The fourth-order valence-electron chi connectivity index (χ4n) is 0.978. The molecule has 1 aromatic rings. The first-order valence-electron chi connectivity index (χ1n) is 3.79. The highest BCUT2D eigenvalue weighted by atomic mass is 79.9. The smallest absolute Gasteiger partial charge is 0.0548 e. The Kier molecular flexibility index (Phi) is 4.47. The van der Waals surface area contributed by atoms with Crippen molar-refractivity contribution in [1.29, 1.82) is 0 Å². The third-order valence-electron chi connectivity index (χ3n) is 1.61. The van der Waals surface area contributed by atoms with Crippen molar-refractivity contribution in [2.75, 3.05) is 5.75 Å². The summed E-state index contributed by atoms with van der Waals surface area (Å²) in [5, 5.41) is 0.768. The van der Waals surface area contributed by atoms with Crippen LogP contribution in [0.5, 0.6) is 0 Å².